The Morgan fingerprint density at radius 3 is 2.44 bits per heavy atom. The molecule has 0 aromatic heterocycles. The second kappa shape index (κ2) is 12.8. The topological polar surface area (TPSA) is 77.1 Å². The number of hydrogen-bond acceptors (Lipinski definition) is 7. The summed E-state index contributed by atoms with van der Waals surface area (Å²) in [6, 6.07) is 18.3. The number of nitrogens with zero attached hydrogens (tertiary/aromatic N) is 1. The van der Waals surface area contributed by atoms with Crippen LogP contribution in [-0.2, 0) is 9.59 Å². The average molecular weight is 563 g/mol. The Morgan fingerprint density at radius 2 is 1.72 bits per heavy atom. The third kappa shape index (κ3) is 6.79. The van der Waals surface area contributed by atoms with Gasteiger partial charge in [0.25, 0.3) is 11.8 Å². The number of aryl methyl sites for hydroxylation is 1. The molecular weight excluding hydrogens is 532 g/mol. The monoisotopic (exact) mass is 562 g/mol. The third-order valence-electron chi connectivity index (χ3n) is 6.00. The molecule has 4 rings (SSSR count). The second-order valence-electron chi connectivity index (χ2n) is 8.67. The maximum absolute atomic E-state index is 13.2. The Bertz CT molecular complexity index is 1420. The molecule has 1 N–H and O–H groups in total. The van der Waals surface area contributed by atoms with Gasteiger partial charge in [-0.2, -0.15) is 0 Å². The molecule has 0 unspecified atom stereocenters. The first-order valence-electron chi connectivity index (χ1n) is 12.6. The molecule has 0 saturated carbocycles. The summed E-state index contributed by atoms with van der Waals surface area (Å²) in [5.41, 5.74) is 4.30. The van der Waals surface area contributed by atoms with E-state index >= 15 is 0 Å². The molecule has 1 saturated heterocycles. The van der Waals surface area contributed by atoms with Crippen LogP contribution >= 0.6 is 24.0 Å². The van der Waals surface area contributed by atoms with Gasteiger partial charge < -0.3 is 19.5 Å². The zero-order valence-electron chi connectivity index (χ0n) is 22.3. The van der Waals surface area contributed by atoms with Crippen molar-refractivity contribution in [3.05, 3.63) is 82.3 Å². The molecule has 202 valence electrons. The SMILES string of the molecule is CCOc1ccc(N2C(=O)/C(=C/c3ccc(OCC(=O)Nc4cccc(C)c4C)c(OCC)c3)SC2=S)cc1. The molecule has 0 atom stereocenters. The van der Waals surface area contributed by atoms with Crippen LogP contribution in [0, 0.1) is 13.8 Å². The number of nitrogens with one attached hydrogen (secondary N) is 1. The van der Waals surface area contributed by atoms with Gasteiger partial charge in [-0.05, 0) is 92.9 Å². The van der Waals surface area contributed by atoms with Gasteiger partial charge in [0.05, 0.1) is 23.8 Å². The van der Waals surface area contributed by atoms with E-state index in [0.717, 1.165) is 28.1 Å². The standard InChI is InChI=1S/C30H30N2O5S2/c1-5-35-23-13-11-22(12-14-23)32-29(34)27(39-30(32)38)17-21-10-15-25(26(16-21)36-6-2)37-18-28(33)31-24-9-7-8-19(3)20(24)4/h7-17H,5-6,18H2,1-4H3,(H,31,33)/b27-17-. The maximum Gasteiger partial charge on any atom is 0.270 e. The molecular formula is C30H30N2O5S2. The first-order valence-corrected chi connectivity index (χ1v) is 13.8. The van der Waals surface area contributed by atoms with Crippen molar-refractivity contribution in [2.45, 2.75) is 27.7 Å². The Morgan fingerprint density at radius 1 is 0.974 bits per heavy atom. The Labute approximate surface area is 238 Å². The van der Waals surface area contributed by atoms with Crippen LogP contribution in [0.5, 0.6) is 17.2 Å². The molecule has 3 aromatic rings. The van der Waals surface area contributed by atoms with E-state index in [0.29, 0.717) is 39.6 Å². The number of benzene rings is 3. The van der Waals surface area contributed by atoms with Crippen molar-refractivity contribution >= 4 is 57.6 Å². The first kappa shape index (κ1) is 28.2. The number of carbonyl (C=O) groups excluding carboxylic acids is 2. The number of thioether (sulfide) groups is 1. The van der Waals surface area contributed by atoms with Gasteiger partial charge in [-0.25, -0.2) is 0 Å². The van der Waals surface area contributed by atoms with Gasteiger partial charge in [0.1, 0.15) is 5.75 Å². The van der Waals surface area contributed by atoms with Crippen molar-refractivity contribution in [1.29, 1.82) is 0 Å². The van der Waals surface area contributed by atoms with E-state index in [2.05, 4.69) is 5.32 Å². The molecule has 0 spiro atoms. The van der Waals surface area contributed by atoms with Gasteiger partial charge in [0.15, 0.2) is 22.4 Å². The van der Waals surface area contributed by atoms with Crippen LogP contribution in [0.3, 0.4) is 0 Å². The van der Waals surface area contributed by atoms with Gasteiger partial charge in [-0.3, -0.25) is 14.5 Å². The zero-order valence-corrected chi connectivity index (χ0v) is 23.9. The maximum atomic E-state index is 13.2. The van der Waals surface area contributed by atoms with Crippen molar-refractivity contribution in [2.24, 2.45) is 0 Å². The second-order valence-corrected chi connectivity index (χ2v) is 10.3. The van der Waals surface area contributed by atoms with Gasteiger partial charge >= 0.3 is 0 Å². The van der Waals surface area contributed by atoms with Crippen LogP contribution in [0.1, 0.15) is 30.5 Å². The largest absolute Gasteiger partial charge is 0.494 e. The van der Waals surface area contributed by atoms with Crippen molar-refractivity contribution in [3.8, 4) is 17.2 Å². The van der Waals surface area contributed by atoms with Crippen molar-refractivity contribution < 1.29 is 23.8 Å². The molecule has 1 aliphatic rings. The minimum Gasteiger partial charge on any atom is -0.494 e. The Balaban J connectivity index is 1.46. The van der Waals surface area contributed by atoms with Gasteiger partial charge in [0.2, 0.25) is 0 Å². The highest BCUT2D eigenvalue weighted by Gasteiger charge is 2.33. The molecule has 0 radical (unpaired) electrons. The number of rotatable bonds is 10. The fraction of sp³-hybridized carbons (Fsp3) is 0.233. The van der Waals surface area contributed by atoms with Crippen molar-refractivity contribution in [1.82, 2.24) is 0 Å². The summed E-state index contributed by atoms with van der Waals surface area (Å²) >= 11 is 6.74. The zero-order chi connectivity index (χ0) is 27.9. The molecule has 9 heteroatoms. The predicted octanol–water partition coefficient (Wildman–Crippen LogP) is 6.52. The molecule has 1 fully saturated rings. The number of anilines is 2. The van der Waals surface area contributed by atoms with Crippen LogP contribution in [0.4, 0.5) is 11.4 Å². The minimum atomic E-state index is -0.270. The van der Waals surface area contributed by atoms with Gasteiger partial charge in [-0.15, -0.1) is 0 Å². The lowest BCUT2D eigenvalue weighted by Gasteiger charge is -2.15. The van der Waals surface area contributed by atoms with E-state index in [1.165, 1.54) is 16.7 Å². The summed E-state index contributed by atoms with van der Waals surface area (Å²) in [5, 5.41) is 2.89. The number of amides is 2. The molecule has 39 heavy (non-hydrogen) atoms. The quantitative estimate of drug-likeness (QED) is 0.223. The lowest BCUT2D eigenvalue weighted by molar-refractivity contribution is -0.118. The summed E-state index contributed by atoms with van der Waals surface area (Å²) in [6.45, 7) is 8.55. The lowest BCUT2D eigenvalue weighted by atomic mass is 10.1. The van der Waals surface area contributed by atoms with E-state index in [9.17, 15) is 9.59 Å². The molecule has 0 aliphatic carbocycles. The summed E-state index contributed by atoms with van der Waals surface area (Å²) in [6.07, 6.45) is 1.77. The minimum absolute atomic E-state index is 0.173. The highest BCUT2D eigenvalue weighted by atomic mass is 32.2. The van der Waals surface area contributed by atoms with Crippen LogP contribution < -0.4 is 24.4 Å². The predicted molar refractivity (Wildman–Crippen MR) is 161 cm³/mol. The van der Waals surface area contributed by atoms with E-state index in [1.807, 2.05) is 76.2 Å². The van der Waals surface area contributed by atoms with Crippen molar-refractivity contribution in [3.63, 3.8) is 0 Å². The highest BCUT2D eigenvalue weighted by Crippen LogP contribution is 2.37. The molecule has 2 amide bonds. The highest BCUT2D eigenvalue weighted by molar-refractivity contribution is 8.27. The van der Waals surface area contributed by atoms with Crippen LogP contribution in [-0.4, -0.2) is 36.0 Å². The number of ether oxygens (including phenoxy) is 3. The summed E-state index contributed by atoms with van der Waals surface area (Å²) in [7, 11) is 0. The van der Waals surface area contributed by atoms with E-state index in [-0.39, 0.29) is 18.4 Å². The summed E-state index contributed by atoms with van der Waals surface area (Å²) in [5.74, 6) is 1.18. The average Bonchev–Trinajstić information content (AvgIpc) is 3.19. The van der Waals surface area contributed by atoms with E-state index < -0.39 is 0 Å². The molecule has 1 heterocycles. The smallest absolute Gasteiger partial charge is 0.270 e. The molecule has 7 nitrogen and oxygen atoms in total. The molecule has 0 bridgehead atoms. The van der Waals surface area contributed by atoms with E-state index in [1.54, 1.807) is 18.2 Å². The number of carbonyl (C=O) groups is 2. The van der Waals surface area contributed by atoms with E-state index in [4.69, 9.17) is 26.4 Å². The van der Waals surface area contributed by atoms with Crippen LogP contribution in [0.15, 0.2) is 65.6 Å². The van der Waals surface area contributed by atoms with Gasteiger partial charge in [0, 0.05) is 5.69 Å². The summed E-state index contributed by atoms with van der Waals surface area (Å²) in [4.78, 5) is 27.7. The van der Waals surface area contributed by atoms with Crippen LogP contribution in [0.25, 0.3) is 6.08 Å². The molecule has 1 aliphatic heterocycles. The van der Waals surface area contributed by atoms with Crippen LogP contribution in [0.2, 0.25) is 0 Å². The lowest BCUT2D eigenvalue weighted by Crippen LogP contribution is -2.27. The fourth-order valence-corrected chi connectivity index (χ4v) is 5.22. The third-order valence-corrected chi connectivity index (χ3v) is 7.30. The first-order chi connectivity index (χ1) is 18.8. The number of thiocarbonyl (C=S) groups is 1. The Kier molecular flexibility index (Phi) is 9.27. The van der Waals surface area contributed by atoms with Gasteiger partial charge in [-0.1, -0.05) is 42.2 Å². The Hall–Kier alpha value is -3.82. The fourth-order valence-electron chi connectivity index (χ4n) is 3.92. The molecule has 3 aromatic carbocycles. The normalized spacial score (nSPS) is 14.1. The summed E-state index contributed by atoms with van der Waals surface area (Å²) < 4.78 is 17.5. The number of hydrogen-bond donors (Lipinski definition) is 1. The van der Waals surface area contributed by atoms with Crippen molar-refractivity contribution in [2.75, 3.05) is 30.0 Å².